The molecule has 1 fully saturated rings. The van der Waals surface area contributed by atoms with Gasteiger partial charge in [0.1, 0.15) is 9.84 Å². The standard InChI is InChI=1S/C16H33NO3S/c1-4-13-17-15(10-14-21(3,18)19)16(20-5-2)11-8-6-7-9-12-16/h15,17H,4-14H2,1-3H3. The maximum Gasteiger partial charge on any atom is 0.147 e. The molecule has 0 radical (unpaired) electrons. The van der Waals surface area contributed by atoms with Gasteiger partial charge in [-0.15, -0.1) is 0 Å². The third-order valence-electron chi connectivity index (χ3n) is 4.43. The van der Waals surface area contributed by atoms with Crippen LogP contribution in [0.4, 0.5) is 0 Å². The van der Waals surface area contributed by atoms with Crippen molar-refractivity contribution in [3.05, 3.63) is 0 Å². The van der Waals surface area contributed by atoms with Crippen LogP contribution in [0.15, 0.2) is 0 Å². The molecule has 0 aromatic heterocycles. The second-order valence-electron chi connectivity index (χ2n) is 6.34. The Morgan fingerprint density at radius 2 is 1.76 bits per heavy atom. The second kappa shape index (κ2) is 9.11. The third-order valence-corrected chi connectivity index (χ3v) is 5.41. The van der Waals surface area contributed by atoms with E-state index in [1.54, 1.807) is 0 Å². The lowest BCUT2D eigenvalue weighted by Crippen LogP contribution is -2.53. The van der Waals surface area contributed by atoms with E-state index in [0.717, 1.165) is 25.8 Å². The first kappa shape index (κ1) is 18.9. The van der Waals surface area contributed by atoms with Gasteiger partial charge < -0.3 is 10.1 Å². The third kappa shape index (κ3) is 6.66. The molecule has 1 unspecified atom stereocenters. The first-order valence-corrected chi connectivity index (χ1v) is 10.5. The smallest absolute Gasteiger partial charge is 0.147 e. The van der Waals surface area contributed by atoms with Crippen LogP contribution in [0.3, 0.4) is 0 Å². The van der Waals surface area contributed by atoms with Gasteiger partial charge in [0, 0.05) is 18.9 Å². The van der Waals surface area contributed by atoms with E-state index >= 15 is 0 Å². The zero-order chi connectivity index (χ0) is 15.8. The van der Waals surface area contributed by atoms with Crippen LogP contribution in [0.2, 0.25) is 0 Å². The Bertz CT molecular complexity index is 373. The number of sulfone groups is 1. The fourth-order valence-corrected chi connectivity index (χ4v) is 4.07. The molecule has 0 aliphatic heterocycles. The largest absolute Gasteiger partial charge is 0.374 e. The summed E-state index contributed by atoms with van der Waals surface area (Å²) in [6.07, 6.45) is 10.0. The van der Waals surface area contributed by atoms with Crippen molar-refractivity contribution in [2.24, 2.45) is 0 Å². The van der Waals surface area contributed by atoms with Crippen LogP contribution in [0, 0.1) is 0 Å². The van der Waals surface area contributed by atoms with Gasteiger partial charge in [-0.2, -0.15) is 0 Å². The Labute approximate surface area is 130 Å². The highest BCUT2D eigenvalue weighted by molar-refractivity contribution is 7.90. The van der Waals surface area contributed by atoms with Crippen LogP contribution in [-0.2, 0) is 14.6 Å². The molecule has 1 rings (SSSR count). The fraction of sp³-hybridized carbons (Fsp3) is 1.00. The lowest BCUT2D eigenvalue weighted by atomic mass is 9.84. The maximum absolute atomic E-state index is 11.6. The van der Waals surface area contributed by atoms with Crippen molar-refractivity contribution in [1.29, 1.82) is 0 Å². The molecule has 1 atom stereocenters. The Kier molecular flexibility index (Phi) is 8.21. The highest BCUT2D eigenvalue weighted by Crippen LogP contribution is 2.35. The normalized spacial score (nSPS) is 20.9. The quantitative estimate of drug-likeness (QED) is 0.664. The van der Waals surface area contributed by atoms with Gasteiger partial charge in [0.05, 0.1) is 11.4 Å². The summed E-state index contributed by atoms with van der Waals surface area (Å²) in [7, 11) is -2.93. The van der Waals surface area contributed by atoms with Gasteiger partial charge >= 0.3 is 0 Å². The van der Waals surface area contributed by atoms with Crippen LogP contribution in [0.5, 0.6) is 0 Å². The Morgan fingerprint density at radius 3 is 2.24 bits per heavy atom. The van der Waals surface area contributed by atoms with Crippen LogP contribution < -0.4 is 5.32 Å². The lowest BCUT2D eigenvalue weighted by molar-refractivity contribution is -0.0773. The van der Waals surface area contributed by atoms with Crippen molar-refractivity contribution in [2.45, 2.75) is 76.9 Å². The number of hydrogen-bond donors (Lipinski definition) is 1. The van der Waals surface area contributed by atoms with Gasteiger partial charge in [0.2, 0.25) is 0 Å². The average molecular weight is 320 g/mol. The molecule has 0 spiro atoms. The summed E-state index contributed by atoms with van der Waals surface area (Å²) in [6.45, 7) is 5.80. The predicted molar refractivity (Wildman–Crippen MR) is 88.5 cm³/mol. The van der Waals surface area contributed by atoms with Crippen molar-refractivity contribution in [1.82, 2.24) is 5.32 Å². The summed E-state index contributed by atoms with van der Waals surface area (Å²) in [6, 6.07) is 0.144. The summed E-state index contributed by atoms with van der Waals surface area (Å²) < 4.78 is 29.3. The molecule has 21 heavy (non-hydrogen) atoms. The molecule has 1 aliphatic carbocycles. The molecular formula is C16H33NO3S. The molecule has 0 saturated heterocycles. The lowest BCUT2D eigenvalue weighted by Gasteiger charge is -2.41. The summed E-state index contributed by atoms with van der Waals surface area (Å²) >= 11 is 0. The van der Waals surface area contributed by atoms with Gasteiger partial charge in [-0.3, -0.25) is 0 Å². The van der Waals surface area contributed by atoms with Crippen LogP contribution in [0.25, 0.3) is 0 Å². The molecule has 1 N–H and O–H groups in total. The molecule has 0 aromatic carbocycles. The van der Waals surface area contributed by atoms with Gasteiger partial charge in [-0.1, -0.05) is 32.6 Å². The number of ether oxygens (including phenoxy) is 1. The fourth-order valence-electron chi connectivity index (χ4n) is 3.41. The molecule has 1 saturated carbocycles. The van der Waals surface area contributed by atoms with E-state index in [4.69, 9.17) is 4.74 Å². The van der Waals surface area contributed by atoms with E-state index in [2.05, 4.69) is 12.2 Å². The second-order valence-corrected chi connectivity index (χ2v) is 8.60. The molecule has 4 nitrogen and oxygen atoms in total. The number of nitrogens with one attached hydrogen (secondary N) is 1. The van der Waals surface area contributed by atoms with Gasteiger partial charge in [-0.25, -0.2) is 8.42 Å². The van der Waals surface area contributed by atoms with Crippen LogP contribution in [0.1, 0.15) is 65.2 Å². The zero-order valence-electron chi connectivity index (χ0n) is 14.0. The number of rotatable bonds is 9. The van der Waals surface area contributed by atoms with Crippen molar-refractivity contribution >= 4 is 9.84 Å². The minimum atomic E-state index is -2.93. The topological polar surface area (TPSA) is 55.4 Å². The molecule has 5 heteroatoms. The predicted octanol–water partition coefficient (Wildman–Crippen LogP) is 2.92. The zero-order valence-corrected chi connectivity index (χ0v) is 14.8. The average Bonchev–Trinajstić information content (AvgIpc) is 2.64. The summed E-state index contributed by atoms with van der Waals surface area (Å²) in [4.78, 5) is 0. The molecular weight excluding hydrogens is 286 g/mol. The summed E-state index contributed by atoms with van der Waals surface area (Å²) in [5.74, 6) is 0.239. The van der Waals surface area contributed by atoms with E-state index in [-0.39, 0.29) is 17.4 Å². The first-order chi connectivity index (χ1) is 9.93. The Morgan fingerprint density at radius 1 is 1.14 bits per heavy atom. The monoisotopic (exact) mass is 319 g/mol. The van der Waals surface area contributed by atoms with E-state index < -0.39 is 9.84 Å². The van der Waals surface area contributed by atoms with Crippen molar-refractivity contribution in [2.75, 3.05) is 25.2 Å². The van der Waals surface area contributed by atoms with E-state index in [9.17, 15) is 8.42 Å². The molecule has 1 aliphatic rings. The van der Waals surface area contributed by atoms with Crippen molar-refractivity contribution < 1.29 is 13.2 Å². The molecule has 0 heterocycles. The Hall–Kier alpha value is -0.130. The molecule has 0 aromatic rings. The maximum atomic E-state index is 11.6. The molecule has 0 amide bonds. The van der Waals surface area contributed by atoms with Crippen LogP contribution in [-0.4, -0.2) is 45.2 Å². The molecule has 0 bridgehead atoms. The summed E-state index contributed by atoms with van der Waals surface area (Å²) in [5, 5.41) is 3.58. The van der Waals surface area contributed by atoms with E-state index in [0.29, 0.717) is 13.0 Å². The molecule has 126 valence electrons. The van der Waals surface area contributed by atoms with E-state index in [1.165, 1.54) is 31.9 Å². The van der Waals surface area contributed by atoms with Gasteiger partial charge in [-0.05, 0) is 39.2 Å². The van der Waals surface area contributed by atoms with Crippen molar-refractivity contribution in [3.63, 3.8) is 0 Å². The van der Waals surface area contributed by atoms with Crippen molar-refractivity contribution in [3.8, 4) is 0 Å². The minimum Gasteiger partial charge on any atom is -0.374 e. The number of hydrogen-bond acceptors (Lipinski definition) is 4. The van der Waals surface area contributed by atoms with Gasteiger partial charge in [0.15, 0.2) is 0 Å². The highest BCUT2D eigenvalue weighted by atomic mass is 32.2. The minimum absolute atomic E-state index is 0.144. The Balaban J connectivity index is 2.86. The van der Waals surface area contributed by atoms with Crippen LogP contribution >= 0.6 is 0 Å². The van der Waals surface area contributed by atoms with E-state index in [1.807, 2.05) is 6.92 Å². The first-order valence-electron chi connectivity index (χ1n) is 8.48. The SMILES string of the molecule is CCCNC(CCS(C)(=O)=O)C1(OCC)CCCCCC1. The van der Waals surface area contributed by atoms with Gasteiger partial charge in [0.25, 0.3) is 0 Å². The highest BCUT2D eigenvalue weighted by Gasteiger charge is 2.39. The summed E-state index contributed by atoms with van der Waals surface area (Å²) in [5.41, 5.74) is -0.175.